The van der Waals surface area contributed by atoms with E-state index < -0.39 is 0 Å². The Kier molecular flexibility index (Phi) is 10.5. The number of hydrogen-bond acceptors (Lipinski definition) is 4. The molecule has 0 amide bonds. The molecule has 6 nitrogen and oxygen atoms in total. The van der Waals surface area contributed by atoms with Crippen molar-refractivity contribution < 1.29 is 8.83 Å². The molecule has 0 N–H and O–H groups in total. The fraction of sp³-hybridized carbons (Fsp3) is 0.0370. The van der Waals surface area contributed by atoms with Crippen molar-refractivity contribution >= 4 is 155 Å². The van der Waals surface area contributed by atoms with Crippen LogP contribution in [0.3, 0.4) is 0 Å². The van der Waals surface area contributed by atoms with E-state index in [9.17, 15) is 0 Å². The number of furan rings is 2. The van der Waals surface area contributed by atoms with Gasteiger partial charge in [-0.2, -0.15) is 0 Å². The van der Waals surface area contributed by atoms with Gasteiger partial charge in [-0.3, -0.25) is 0 Å². The largest absolute Gasteiger partial charge is 0.454 e. The number of hydrogen-bond donors (Lipinski definition) is 0. The van der Waals surface area contributed by atoms with Crippen LogP contribution < -0.4 is 9.80 Å². The second-order valence-electron chi connectivity index (χ2n) is 23.2. The van der Waals surface area contributed by atoms with Gasteiger partial charge in [-0.25, -0.2) is 0 Å². The van der Waals surface area contributed by atoms with Crippen LogP contribution in [0.4, 0.5) is 34.1 Å². The van der Waals surface area contributed by atoms with Crippen LogP contribution in [0.1, 0.15) is 29.4 Å². The Balaban J connectivity index is 0.885. The lowest BCUT2D eigenvalue weighted by Gasteiger charge is -2.28. The molecule has 0 saturated heterocycles. The number of nitrogens with zero attached hydrogens (tertiary/aromatic N) is 4. The van der Waals surface area contributed by atoms with Crippen molar-refractivity contribution in [2.24, 2.45) is 0 Å². The number of benzene rings is 12. The SMILES string of the molecule is C=Cc1oc2c(N(c3cc(-c4ccccc4)ccc3C)c3cccc4c3c3cccc5c6cc7c(cc6n4c53)c3cccc4c5c(N(c6cc(-c8ccccc8)ccc6C)c6cccc8c6oc6ccccc68)cccc5n7c34)cccc2c1/C=C\C. The average molecular weight is 1120 g/mol. The number of allylic oxidation sites excluding steroid dienone is 1. The van der Waals surface area contributed by atoms with Crippen LogP contribution in [-0.2, 0) is 0 Å². The van der Waals surface area contributed by atoms with Gasteiger partial charge in [-0.1, -0.05) is 195 Å². The first-order valence-corrected chi connectivity index (χ1v) is 29.9. The predicted molar refractivity (Wildman–Crippen MR) is 367 cm³/mol. The zero-order valence-corrected chi connectivity index (χ0v) is 48.1. The smallest absolute Gasteiger partial charge is 0.159 e. The summed E-state index contributed by atoms with van der Waals surface area (Å²) in [6.07, 6.45) is 6.02. The highest BCUT2D eigenvalue weighted by Crippen LogP contribution is 2.53. The van der Waals surface area contributed by atoms with E-state index in [4.69, 9.17) is 8.83 Å². The topological polar surface area (TPSA) is 41.6 Å². The number of anilines is 6. The highest BCUT2D eigenvalue weighted by atomic mass is 16.3. The van der Waals surface area contributed by atoms with Gasteiger partial charge < -0.3 is 27.4 Å². The second-order valence-corrected chi connectivity index (χ2v) is 23.2. The molecule has 0 saturated carbocycles. The highest BCUT2D eigenvalue weighted by molar-refractivity contribution is 6.31. The average Bonchev–Trinajstić information content (AvgIpc) is 1.67. The minimum Gasteiger partial charge on any atom is -0.454 e. The van der Waals surface area contributed by atoms with Crippen LogP contribution in [0, 0.1) is 13.8 Å². The van der Waals surface area contributed by atoms with Crippen molar-refractivity contribution in [1.29, 1.82) is 0 Å². The first-order chi connectivity index (χ1) is 42.9. The zero-order valence-electron chi connectivity index (χ0n) is 48.1. The monoisotopic (exact) mass is 1110 g/mol. The van der Waals surface area contributed by atoms with Crippen LogP contribution in [0.25, 0.3) is 144 Å². The van der Waals surface area contributed by atoms with Gasteiger partial charge in [0.15, 0.2) is 11.2 Å². The summed E-state index contributed by atoms with van der Waals surface area (Å²) in [6, 6.07) is 88.9. The Bertz CT molecular complexity index is 5900. The van der Waals surface area contributed by atoms with Gasteiger partial charge in [-0.05, 0) is 127 Å². The lowest BCUT2D eigenvalue weighted by molar-refractivity contribution is 0.604. The van der Waals surface area contributed by atoms with Crippen molar-refractivity contribution in [2.45, 2.75) is 20.8 Å². The highest BCUT2D eigenvalue weighted by Gasteiger charge is 2.30. The fourth-order valence-electron chi connectivity index (χ4n) is 14.7. The van der Waals surface area contributed by atoms with Crippen molar-refractivity contribution in [3.63, 3.8) is 0 Å². The summed E-state index contributed by atoms with van der Waals surface area (Å²) in [4.78, 5) is 4.90. The molecular weight excluding hydrogens is 1060 g/mol. The predicted octanol–water partition coefficient (Wildman–Crippen LogP) is 23.2. The van der Waals surface area contributed by atoms with Crippen molar-refractivity contribution in [3.05, 3.63) is 278 Å². The maximum atomic E-state index is 6.91. The van der Waals surface area contributed by atoms with E-state index in [-0.39, 0.29) is 0 Å². The third-order valence-electron chi connectivity index (χ3n) is 18.5. The van der Waals surface area contributed by atoms with Gasteiger partial charge in [0, 0.05) is 76.2 Å². The summed E-state index contributed by atoms with van der Waals surface area (Å²) in [5, 5.41) is 12.8. The zero-order chi connectivity index (χ0) is 57.8. The van der Waals surface area contributed by atoms with Gasteiger partial charge in [0.05, 0.1) is 55.8 Å². The summed E-state index contributed by atoms with van der Waals surface area (Å²) in [6.45, 7) is 10.7. The summed E-state index contributed by atoms with van der Waals surface area (Å²) in [5.74, 6) is 0.748. The van der Waals surface area contributed by atoms with Crippen LogP contribution >= 0.6 is 0 Å². The molecule has 0 atom stereocenters. The molecule has 0 unspecified atom stereocenters. The Hall–Kier alpha value is -11.3. The lowest BCUT2D eigenvalue weighted by Crippen LogP contribution is -2.12. The Morgan fingerprint density at radius 1 is 0.356 bits per heavy atom. The normalized spacial score (nSPS) is 12.3. The standard InChI is InChI=1S/C81H54N4O2/c1-5-21-54-58-29-17-37-68(80(58)86-74(54)6-2)82(70-44-52(42-40-48(70)3)50-22-9-7-10-23-50)64-33-19-35-66-76(64)60-31-15-27-56-62-47-73-63(46-72(62)84(66)78(56)60)57-28-16-32-61-77-65(34-20-36-67(77)85(73)79(57)61)83(71-45-53(43-41-49(71)4)51-24-11-8-12-25-51)69-38-18-30-59-55-26-13-14-39-75(55)87-81(59)69/h5-47H,2H2,1,3-4H3/b21-5-. The van der Waals surface area contributed by atoms with Crippen molar-refractivity contribution in [1.82, 2.24) is 8.80 Å². The maximum Gasteiger partial charge on any atom is 0.159 e. The molecule has 87 heavy (non-hydrogen) atoms. The van der Waals surface area contributed by atoms with Gasteiger partial charge in [0.2, 0.25) is 0 Å². The van der Waals surface area contributed by atoms with E-state index in [1.165, 1.54) is 70.7 Å². The number of fused-ring (bicyclic) bond motifs is 16. The van der Waals surface area contributed by atoms with E-state index in [1.54, 1.807) is 0 Å². The molecular formula is C81H54N4O2. The molecule has 0 aliphatic rings. The minimum atomic E-state index is 0.748. The first kappa shape index (κ1) is 49.1. The summed E-state index contributed by atoms with van der Waals surface area (Å²) < 4.78 is 18.9. The van der Waals surface area contributed by atoms with Crippen molar-refractivity contribution in [2.75, 3.05) is 9.80 Å². The van der Waals surface area contributed by atoms with Gasteiger partial charge >= 0.3 is 0 Å². The van der Waals surface area contributed by atoms with Crippen LogP contribution in [0.2, 0.25) is 0 Å². The summed E-state index contributed by atoms with van der Waals surface area (Å²) in [5.41, 5.74) is 23.8. The Morgan fingerprint density at radius 2 is 0.805 bits per heavy atom. The lowest BCUT2D eigenvalue weighted by atomic mass is 9.99. The van der Waals surface area contributed by atoms with E-state index in [2.05, 4.69) is 294 Å². The molecule has 18 rings (SSSR count). The Morgan fingerprint density at radius 3 is 1.34 bits per heavy atom. The molecule has 410 valence electrons. The van der Waals surface area contributed by atoms with Gasteiger partial charge in [-0.15, -0.1) is 0 Å². The number of aryl methyl sites for hydroxylation is 2. The molecule has 6 heterocycles. The number of para-hydroxylation sites is 5. The maximum absolute atomic E-state index is 6.91. The third-order valence-corrected chi connectivity index (χ3v) is 18.5. The van der Waals surface area contributed by atoms with Crippen molar-refractivity contribution in [3.8, 4) is 22.3 Å². The fourth-order valence-corrected chi connectivity index (χ4v) is 14.7. The molecule has 6 aromatic heterocycles. The molecule has 0 spiro atoms. The van der Waals surface area contributed by atoms with E-state index in [1.807, 2.05) is 13.0 Å². The molecule has 0 fully saturated rings. The Labute approximate surface area is 500 Å². The van der Waals surface area contributed by atoms with Gasteiger partial charge in [0.25, 0.3) is 0 Å². The molecule has 6 heteroatoms. The molecule has 0 radical (unpaired) electrons. The molecule has 0 bridgehead atoms. The summed E-state index contributed by atoms with van der Waals surface area (Å²) in [7, 11) is 0. The van der Waals surface area contributed by atoms with Crippen LogP contribution in [0.5, 0.6) is 0 Å². The van der Waals surface area contributed by atoms with Crippen LogP contribution in [0.15, 0.2) is 264 Å². The number of rotatable bonds is 10. The first-order valence-electron chi connectivity index (χ1n) is 29.9. The quantitative estimate of drug-likeness (QED) is 0.137. The summed E-state index contributed by atoms with van der Waals surface area (Å²) >= 11 is 0. The molecule has 0 aliphatic heterocycles. The minimum absolute atomic E-state index is 0.748. The van der Waals surface area contributed by atoms with Gasteiger partial charge in [0.1, 0.15) is 11.3 Å². The van der Waals surface area contributed by atoms with E-state index in [0.29, 0.717) is 0 Å². The van der Waals surface area contributed by atoms with Crippen LogP contribution in [-0.4, -0.2) is 8.80 Å². The van der Waals surface area contributed by atoms with E-state index >= 15 is 0 Å². The number of aromatic nitrogens is 2. The third kappa shape index (κ3) is 6.92. The second kappa shape index (κ2) is 18.6. The molecule has 12 aromatic carbocycles. The molecule has 0 aliphatic carbocycles. The molecule has 18 aromatic rings. The van der Waals surface area contributed by atoms with E-state index in [0.717, 1.165) is 117 Å².